The number of hydrogen-bond donors (Lipinski definition) is 2. The fourth-order valence-corrected chi connectivity index (χ4v) is 3.04. The van der Waals surface area contributed by atoms with E-state index < -0.39 is 0 Å². The van der Waals surface area contributed by atoms with Gasteiger partial charge in [0.15, 0.2) is 5.96 Å². The van der Waals surface area contributed by atoms with Gasteiger partial charge in [0.1, 0.15) is 6.54 Å². The fraction of sp³-hybridized carbons (Fsp3) is 0.600. The summed E-state index contributed by atoms with van der Waals surface area (Å²) in [5.74, 6) is 0.755. The first-order valence-corrected chi connectivity index (χ1v) is 9.59. The van der Waals surface area contributed by atoms with Crippen LogP contribution in [0.1, 0.15) is 31.7 Å². The van der Waals surface area contributed by atoms with Gasteiger partial charge in [0.2, 0.25) is 5.91 Å². The summed E-state index contributed by atoms with van der Waals surface area (Å²) in [7, 11) is 3.51. The van der Waals surface area contributed by atoms with Crippen molar-refractivity contribution in [1.82, 2.24) is 20.4 Å². The van der Waals surface area contributed by atoms with Gasteiger partial charge < -0.3 is 15.5 Å². The minimum atomic E-state index is 0. The van der Waals surface area contributed by atoms with Crippen molar-refractivity contribution in [2.75, 3.05) is 40.3 Å². The van der Waals surface area contributed by atoms with Crippen LogP contribution in [0.15, 0.2) is 35.3 Å². The van der Waals surface area contributed by atoms with Crippen molar-refractivity contribution in [1.29, 1.82) is 0 Å². The SMILES string of the molecule is CCCNC(=NCC(=O)N(C)C)NC1CCCN(Cc2ccccc2)C1.I. The van der Waals surface area contributed by atoms with Crippen LogP contribution in [0.25, 0.3) is 0 Å². The fourth-order valence-electron chi connectivity index (χ4n) is 3.04. The van der Waals surface area contributed by atoms with Crippen LogP contribution in [0.3, 0.4) is 0 Å². The monoisotopic (exact) mass is 487 g/mol. The highest BCUT2D eigenvalue weighted by atomic mass is 127. The molecule has 7 heteroatoms. The lowest BCUT2D eigenvalue weighted by atomic mass is 10.0. The molecule has 2 N–H and O–H groups in total. The van der Waals surface area contributed by atoms with Crippen LogP contribution in [-0.2, 0) is 11.3 Å². The molecule has 1 aromatic rings. The average molecular weight is 487 g/mol. The molecule has 1 aliphatic heterocycles. The topological polar surface area (TPSA) is 60.0 Å². The van der Waals surface area contributed by atoms with E-state index in [-0.39, 0.29) is 36.4 Å². The summed E-state index contributed by atoms with van der Waals surface area (Å²) < 4.78 is 0. The Hall–Kier alpha value is -1.35. The third-order valence-corrected chi connectivity index (χ3v) is 4.51. The van der Waals surface area contributed by atoms with Gasteiger partial charge in [-0.2, -0.15) is 0 Å². The molecule has 0 spiro atoms. The molecule has 1 saturated heterocycles. The lowest BCUT2D eigenvalue weighted by molar-refractivity contribution is -0.127. The Kier molecular flexibility index (Phi) is 11.3. The molecule has 1 fully saturated rings. The van der Waals surface area contributed by atoms with Gasteiger partial charge in [-0.05, 0) is 31.4 Å². The minimum Gasteiger partial charge on any atom is -0.356 e. The van der Waals surface area contributed by atoms with Crippen LogP contribution < -0.4 is 10.6 Å². The number of guanidine groups is 1. The summed E-state index contributed by atoms with van der Waals surface area (Å²) in [5.41, 5.74) is 1.35. The largest absolute Gasteiger partial charge is 0.356 e. The number of hydrogen-bond acceptors (Lipinski definition) is 3. The quantitative estimate of drug-likeness (QED) is 0.352. The van der Waals surface area contributed by atoms with E-state index in [4.69, 9.17) is 0 Å². The first kappa shape index (κ1) is 23.7. The molecule has 1 aliphatic rings. The number of piperidine rings is 1. The first-order valence-electron chi connectivity index (χ1n) is 9.59. The molecule has 0 bridgehead atoms. The second-order valence-corrected chi connectivity index (χ2v) is 7.08. The van der Waals surface area contributed by atoms with Gasteiger partial charge in [0.25, 0.3) is 0 Å². The van der Waals surface area contributed by atoms with E-state index >= 15 is 0 Å². The molecule has 6 nitrogen and oxygen atoms in total. The zero-order valence-corrected chi connectivity index (χ0v) is 19.1. The number of likely N-dealkylation sites (N-methyl/N-ethyl adjacent to an activating group) is 1. The molecule has 2 rings (SSSR count). The molecule has 0 aromatic heterocycles. The van der Waals surface area contributed by atoms with Crippen LogP contribution >= 0.6 is 24.0 Å². The number of carbonyl (C=O) groups is 1. The van der Waals surface area contributed by atoms with Crippen LogP contribution in [0.2, 0.25) is 0 Å². The van der Waals surface area contributed by atoms with Gasteiger partial charge in [-0.25, -0.2) is 4.99 Å². The number of aliphatic imine (C=N–C) groups is 1. The third kappa shape index (κ3) is 8.92. The predicted molar refractivity (Wildman–Crippen MR) is 123 cm³/mol. The zero-order valence-electron chi connectivity index (χ0n) is 16.8. The Bertz CT molecular complexity index is 579. The van der Waals surface area contributed by atoms with Crippen LogP contribution in [-0.4, -0.2) is 68.0 Å². The van der Waals surface area contributed by atoms with E-state index in [1.54, 1.807) is 19.0 Å². The van der Waals surface area contributed by atoms with E-state index in [1.165, 1.54) is 12.0 Å². The average Bonchev–Trinajstić information content (AvgIpc) is 2.64. The van der Waals surface area contributed by atoms with Gasteiger partial charge in [-0.15, -0.1) is 24.0 Å². The number of amides is 1. The number of rotatable bonds is 7. The number of nitrogens with one attached hydrogen (secondary N) is 2. The molecule has 1 heterocycles. The molecular formula is C20H34IN5O. The van der Waals surface area contributed by atoms with Crippen LogP contribution in [0.5, 0.6) is 0 Å². The molecule has 0 saturated carbocycles. The Labute approximate surface area is 180 Å². The maximum Gasteiger partial charge on any atom is 0.243 e. The first-order chi connectivity index (χ1) is 12.6. The number of nitrogens with zero attached hydrogens (tertiary/aromatic N) is 3. The van der Waals surface area contributed by atoms with Crippen LogP contribution in [0.4, 0.5) is 0 Å². The maximum atomic E-state index is 11.8. The summed E-state index contributed by atoms with van der Waals surface area (Å²) in [5, 5.41) is 6.85. The Morgan fingerprint density at radius 3 is 2.70 bits per heavy atom. The molecule has 1 atom stereocenters. The number of halogens is 1. The van der Waals surface area contributed by atoms with E-state index in [0.29, 0.717) is 6.04 Å². The van der Waals surface area contributed by atoms with Crippen molar-refractivity contribution >= 4 is 35.8 Å². The zero-order chi connectivity index (χ0) is 18.8. The predicted octanol–water partition coefficient (Wildman–Crippen LogP) is 2.30. The highest BCUT2D eigenvalue weighted by Crippen LogP contribution is 2.13. The van der Waals surface area contributed by atoms with Gasteiger partial charge in [0.05, 0.1) is 0 Å². The molecule has 0 aliphatic carbocycles. The van der Waals surface area contributed by atoms with E-state index in [9.17, 15) is 4.79 Å². The summed E-state index contributed by atoms with van der Waals surface area (Å²) in [6.45, 7) is 6.24. The van der Waals surface area contributed by atoms with Crippen molar-refractivity contribution in [3.63, 3.8) is 0 Å². The Morgan fingerprint density at radius 2 is 2.04 bits per heavy atom. The van der Waals surface area contributed by atoms with E-state index in [0.717, 1.165) is 45.0 Å². The van der Waals surface area contributed by atoms with Crippen molar-refractivity contribution in [2.24, 2.45) is 4.99 Å². The number of likely N-dealkylation sites (tertiary alicyclic amines) is 1. The third-order valence-electron chi connectivity index (χ3n) is 4.51. The van der Waals surface area contributed by atoms with Gasteiger partial charge >= 0.3 is 0 Å². The summed E-state index contributed by atoms with van der Waals surface area (Å²) in [6.07, 6.45) is 3.31. The second kappa shape index (κ2) is 12.9. The molecule has 1 aromatic carbocycles. The molecule has 0 radical (unpaired) electrons. The van der Waals surface area contributed by atoms with E-state index in [2.05, 4.69) is 57.8 Å². The van der Waals surface area contributed by atoms with Gasteiger partial charge in [0, 0.05) is 39.8 Å². The normalized spacial score (nSPS) is 17.7. The lowest BCUT2D eigenvalue weighted by Gasteiger charge is -2.34. The highest BCUT2D eigenvalue weighted by Gasteiger charge is 2.21. The molecule has 27 heavy (non-hydrogen) atoms. The highest BCUT2D eigenvalue weighted by molar-refractivity contribution is 14.0. The number of carbonyl (C=O) groups excluding carboxylic acids is 1. The van der Waals surface area contributed by atoms with Crippen molar-refractivity contribution in [3.8, 4) is 0 Å². The van der Waals surface area contributed by atoms with Gasteiger partial charge in [-0.1, -0.05) is 37.3 Å². The lowest BCUT2D eigenvalue weighted by Crippen LogP contribution is -2.51. The standard InChI is InChI=1S/C20H33N5O.HI/c1-4-12-21-20(22-14-19(26)24(2)3)23-18-11-8-13-25(16-18)15-17-9-6-5-7-10-17;/h5-7,9-10,18H,4,8,11-16H2,1-3H3,(H2,21,22,23);1H. The minimum absolute atomic E-state index is 0. The van der Waals surface area contributed by atoms with Crippen molar-refractivity contribution in [2.45, 2.75) is 38.8 Å². The van der Waals surface area contributed by atoms with Crippen molar-refractivity contribution < 1.29 is 4.79 Å². The smallest absolute Gasteiger partial charge is 0.243 e. The molecule has 1 amide bonds. The summed E-state index contributed by atoms with van der Waals surface area (Å²) in [6, 6.07) is 11.0. The Balaban J connectivity index is 0.00000364. The van der Waals surface area contributed by atoms with E-state index in [1.807, 2.05) is 0 Å². The van der Waals surface area contributed by atoms with Gasteiger partial charge in [-0.3, -0.25) is 9.69 Å². The molecule has 1 unspecified atom stereocenters. The summed E-state index contributed by atoms with van der Waals surface area (Å²) >= 11 is 0. The Morgan fingerprint density at radius 1 is 1.30 bits per heavy atom. The second-order valence-electron chi connectivity index (χ2n) is 7.08. The number of benzene rings is 1. The van der Waals surface area contributed by atoms with Crippen LogP contribution in [0, 0.1) is 0 Å². The molecule has 152 valence electrons. The molecular weight excluding hydrogens is 453 g/mol. The van der Waals surface area contributed by atoms with Crippen molar-refractivity contribution in [3.05, 3.63) is 35.9 Å². The maximum absolute atomic E-state index is 11.8. The summed E-state index contributed by atoms with van der Waals surface area (Å²) in [4.78, 5) is 20.4.